The predicted molar refractivity (Wildman–Crippen MR) is 105 cm³/mol. The maximum Gasteiger partial charge on any atom is 0.264 e. The lowest BCUT2D eigenvalue weighted by Gasteiger charge is -2.08. The Labute approximate surface area is 157 Å². The number of benzene rings is 2. The molecule has 5 nitrogen and oxygen atoms in total. The van der Waals surface area contributed by atoms with E-state index in [1.54, 1.807) is 0 Å². The van der Waals surface area contributed by atoms with E-state index >= 15 is 0 Å². The number of hydrogen-bond donors (Lipinski definition) is 1. The van der Waals surface area contributed by atoms with Crippen molar-refractivity contribution in [1.29, 1.82) is 0 Å². The summed E-state index contributed by atoms with van der Waals surface area (Å²) in [5.41, 5.74) is 2.00. The zero-order valence-electron chi connectivity index (χ0n) is 15.1. The number of hydrogen-bond acceptors (Lipinski definition) is 5. The highest BCUT2D eigenvalue weighted by Crippen LogP contribution is 2.32. The van der Waals surface area contributed by atoms with Gasteiger partial charge in [-0.05, 0) is 42.7 Å². The SMILES string of the molecule is CCOc1cccc2sc(NC(=O)COc3ccc(C(C)C)cc3)nc12. The highest BCUT2D eigenvalue weighted by Gasteiger charge is 2.12. The summed E-state index contributed by atoms with van der Waals surface area (Å²) in [5, 5.41) is 3.33. The summed E-state index contributed by atoms with van der Waals surface area (Å²) in [6.45, 7) is 6.71. The molecule has 0 bridgehead atoms. The van der Waals surface area contributed by atoms with Crippen LogP contribution in [-0.4, -0.2) is 24.1 Å². The first kappa shape index (κ1) is 18.2. The third-order valence-corrected chi connectivity index (χ3v) is 4.78. The average molecular weight is 370 g/mol. The number of nitrogens with one attached hydrogen (secondary N) is 1. The van der Waals surface area contributed by atoms with E-state index in [2.05, 4.69) is 24.1 Å². The van der Waals surface area contributed by atoms with E-state index in [0.29, 0.717) is 23.4 Å². The highest BCUT2D eigenvalue weighted by atomic mass is 32.1. The molecule has 3 rings (SSSR count). The number of rotatable bonds is 7. The Balaban J connectivity index is 1.61. The summed E-state index contributed by atoms with van der Waals surface area (Å²) in [4.78, 5) is 16.6. The van der Waals surface area contributed by atoms with Crippen LogP contribution >= 0.6 is 11.3 Å². The molecule has 2 aromatic carbocycles. The number of thiazole rings is 1. The second-order valence-electron chi connectivity index (χ2n) is 6.12. The predicted octanol–water partition coefficient (Wildman–Crippen LogP) is 4.84. The van der Waals surface area contributed by atoms with Gasteiger partial charge in [0.05, 0.1) is 11.3 Å². The number of carbonyl (C=O) groups is 1. The molecule has 0 aliphatic carbocycles. The van der Waals surface area contributed by atoms with Gasteiger partial charge in [-0.25, -0.2) is 4.98 Å². The van der Waals surface area contributed by atoms with Crippen molar-refractivity contribution in [2.75, 3.05) is 18.5 Å². The molecular formula is C20H22N2O3S. The highest BCUT2D eigenvalue weighted by molar-refractivity contribution is 7.22. The average Bonchev–Trinajstić information content (AvgIpc) is 3.04. The van der Waals surface area contributed by atoms with Gasteiger partial charge >= 0.3 is 0 Å². The summed E-state index contributed by atoms with van der Waals surface area (Å²) in [5.74, 6) is 1.62. The maximum atomic E-state index is 12.1. The minimum Gasteiger partial charge on any atom is -0.492 e. The van der Waals surface area contributed by atoms with E-state index in [9.17, 15) is 4.79 Å². The van der Waals surface area contributed by atoms with Crippen molar-refractivity contribution in [3.8, 4) is 11.5 Å². The van der Waals surface area contributed by atoms with Crippen LogP contribution in [0.5, 0.6) is 11.5 Å². The number of para-hydroxylation sites is 1. The summed E-state index contributed by atoms with van der Waals surface area (Å²) < 4.78 is 12.1. The van der Waals surface area contributed by atoms with Crippen LogP contribution in [0.25, 0.3) is 10.2 Å². The van der Waals surface area contributed by atoms with Gasteiger partial charge in [-0.3, -0.25) is 10.1 Å². The fourth-order valence-corrected chi connectivity index (χ4v) is 3.40. The van der Waals surface area contributed by atoms with Crippen LogP contribution in [0.2, 0.25) is 0 Å². The van der Waals surface area contributed by atoms with Crippen molar-refractivity contribution in [1.82, 2.24) is 4.98 Å². The maximum absolute atomic E-state index is 12.1. The Morgan fingerprint density at radius 2 is 1.92 bits per heavy atom. The lowest BCUT2D eigenvalue weighted by molar-refractivity contribution is -0.118. The van der Waals surface area contributed by atoms with Crippen molar-refractivity contribution in [3.63, 3.8) is 0 Å². The molecule has 0 aliphatic heterocycles. The smallest absolute Gasteiger partial charge is 0.264 e. The number of amides is 1. The fraction of sp³-hybridized carbons (Fsp3) is 0.300. The monoisotopic (exact) mass is 370 g/mol. The Bertz CT molecular complexity index is 888. The third-order valence-electron chi connectivity index (χ3n) is 3.84. The van der Waals surface area contributed by atoms with Crippen molar-refractivity contribution in [2.45, 2.75) is 26.7 Å². The van der Waals surface area contributed by atoms with Gasteiger partial charge in [-0.15, -0.1) is 0 Å². The van der Waals surface area contributed by atoms with E-state index in [1.165, 1.54) is 16.9 Å². The first-order valence-electron chi connectivity index (χ1n) is 8.61. The lowest BCUT2D eigenvalue weighted by Crippen LogP contribution is -2.20. The molecule has 0 unspecified atom stereocenters. The van der Waals surface area contributed by atoms with Gasteiger partial charge in [0.2, 0.25) is 0 Å². The van der Waals surface area contributed by atoms with Crippen molar-refractivity contribution in [3.05, 3.63) is 48.0 Å². The molecule has 1 N–H and O–H groups in total. The number of ether oxygens (including phenoxy) is 2. The first-order chi connectivity index (χ1) is 12.6. The van der Waals surface area contributed by atoms with E-state index in [4.69, 9.17) is 9.47 Å². The molecule has 0 radical (unpaired) electrons. The van der Waals surface area contributed by atoms with Gasteiger partial charge in [-0.2, -0.15) is 0 Å². The van der Waals surface area contributed by atoms with Crippen LogP contribution in [-0.2, 0) is 4.79 Å². The van der Waals surface area contributed by atoms with Gasteiger partial charge in [0.15, 0.2) is 11.7 Å². The third kappa shape index (κ3) is 4.32. The van der Waals surface area contributed by atoms with E-state index in [-0.39, 0.29) is 12.5 Å². The molecule has 0 aliphatic rings. The molecule has 3 aromatic rings. The molecule has 26 heavy (non-hydrogen) atoms. The van der Waals surface area contributed by atoms with Gasteiger partial charge in [-0.1, -0.05) is 43.4 Å². The molecule has 0 atom stereocenters. The fourth-order valence-electron chi connectivity index (χ4n) is 2.50. The van der Waals surface area contributed by atoms with Gasteiger partial charge in [0.1, 0.15) is 17.0 Å². The Kier molecular flexibility index (Phi) is 5.73. The summed E-state index contributed by atoms with van der Waals surface area (Å²) in [6, 6.07) is 13.5. The standard InChI is InChI=1S/C20H22N2O3S/c1-4-24-16-6-5-7-17-19(16)22-20(26-17)21-18(23)12-25-15-10-8-14(9-11-15)13(2)3/h5-11,13H,4,12H2,1-3H3,(H,21,22,23). The van der Waals surface area contributed by atoms with Gasteiger partial charge in [0, 0.05) is 0 Å². The minimum absolute atomic E-state index is 0.0603. The Morgan fingerprint density at radius 1 is 1.15 bits per heavy atom. The number of nitrogens with zero attached hydrogens (tertiary/aromatic N) is 1. The van der Waals surface area contributed by atoms with Crippen molar-refractivity contribution < 1.29 is 14.3 Å². The minimum atomic E-state index is -0.241. The Morgan fingerprint density at radius 3 is 2.62 bits per heavy atom. The summed E-state index contributed by atoms with van der Waals surface area (Å²) in [7, 11) is 0. The van der Waals surface area contributed by atoms with Crippen LogP contribution in [0, 0.1) is 0 Å². The van der Waals surface area contributed by atoms with E-state index in [0.717, 1.165) is 16.0 Å². The van der Waals surface area contributed by atoms with Crippen LogP contribution in [0.3, 0.4) is 0 Å². The lowest BCUT2D eigenvalue weighted by atomic mass is 10.0. The molecule has 1 heterocycles. The molecule has 1 aromatic heterocycles. The number of anilines is 1. The second kappa shape index (κ2) is 8.19. The van der Waals surface area contributed by atoms with Gasteiger partial charge < -0.3 is 9.47 Å². The zero-order chi connectivity index (χ0) is 18.5. The molecule has 0 spiro atoms. The molecule has 0 saturated heterocycles. The van der Waals surface area contributed by atoms with E-state index < -0.39 is 0 Å². The molecule has 0 fully saturated rings. The van der Waals surface area contributed by atoms with Crippen LogP contribution in [0.15, 0.2) is 42.5 Å². The van der Waals surface area contributed by atoms with Crippen molar-refractivity contribution >= 4 is 32.6 Å². The van der Waals surface area contributed by atoms with Crippen LogP contribution in [0.1, 0.15) is 32.3 Å². The normalized spacial score (nSPS) is 10.9. The first-order valence-corrected chi connectivity index (χ1v) is 9.43. The van der Waals surface area contributed by atoms with Gasteiger partial charge in [0.25, 0.3) is 5.91 Å². The number of fused-ring (bicyclic) bond motifs is 1. The molecule has 6 heteroatoms. The molecule has 1 amide bonds. The number of aromatic nitrogens is 1. The molecule has 136 valence electrons. The Hall–Kier alpha value is -2.60. The second-order valence-corrected chi connectivity index (χ2v) is 7.15. The van der Waals surface area contributed by atoms with Crippen LogP contribution in [0.4, 0.5) is 5.13 Å². The van der Waals surface area contributed by atoms with E-state index in [1.807, 2.05) is 49.4 Å². The molecular weight excluding hydrogens is 348 g/mol. The quantitative estimate of drug-likeness (QED) is 0.647. The zero-order valence-corrected chi connectivity index (χ0v) is 15.9. The number of carbonyl (C=O) groups excluding carboxylic acids is 1. The largest absolute Gasteiger partial charge is 0.492 e. The topological polar surface area (TPSA) is 60.5 Å². The summed E-state index contributed by atoms with van der Waals surface area (Å²) >= 11 is 1.41. The van der Waals surface area contributed by atoms with Crippen molar-refractivity contribution in [2.24, 2.45) is 0 Å². The molecule has 0 saturated carbocycles. The summed E-state index contributed by atoms with van der Waals surface area (Å²) in [6.07, 6.45) is 0. The van der Waals surface area contributed by atoms with Crippen LogP contribution < -0.4 is 14.8 Å².